The lowest BCUT2D eigenvalue weighted by Crippen LogP contribution is -2.39. The lowest BCUT2D eigenvalue weighted by atomic mass is 9.96. The third kappa shape index (κ3) is 6.35. The van der Waals surface area contributed by atoms with E-state index in [1.165, 1.54) is 0 Å². The highest BCUT2D eigenvalue weighted by molar-refractivity contribution is 5.94. The number of furan rings is 1. The van der Waals surface area contributed by atoms with Gasteiger partial charge in [0.15, 0.2) is 5.96 Å². The summed E-state index contributed by atoms with van der Waals surface area (Å²) in [6.07, 6.45) is 0.742. The van der Waals surface area contributed by atoms with Crippen molar-refractivity contribution in [1.29, 1.82) is 0 Å². The molecule has 4 N–H and O–H groups in total. The molecular formula is C22H32N4O3. The molecule has 0 aliphatic heterocycles. The van der Waals surface area contributed by atoms with E-state index in [-0.39, 0.29) is 12.5 Å². The molecule has 0 fully saturated rings. The normalized spacial score (nSPS) is 13.7. The molecule has 29 heavy (non-hydrogen) atoms. The van der Waals surface area contributed by atoms with Gasteiger partial charge in [-0.05, 0) is 57.9 Å². The van der Waals surface area contributed by atoms with E-state index in [0.717, 1.165) is 23.3 Å². The van der Waals surface area contributed by atoms with E-state index in [1.54, 1.807) is 20.0 Å². The Morgan fingerprint density at radius 1 is 1.24 bits per heavy atom. The smallest absolute Gasteiger partial charge is 0.251 e. The van der Waals surface area contributed by atoms with Crippen LogP contribution in [-0.2, 0) is 12.0 Å². The molecule has 2 aromatic rings. The van der Waals surface area contributed by atoms with Gasteiger partial charge in [0.25, 0.3) is 5.91 Å². The standard InChI is InChI=1S/C22H32N4O3/c1-6-24-21(26-14-22(4,28)19-12-15(2)29-16(19)3)25-11-10-17-8-7-9-18(13-17)20(27)23-5/h7-9,12-13,28H,6,10-11,14H2,1-5H3,(H,23,27)(H2,24,25,26). The summed E-state index contributed by atoms with van der Waals surface area (Å²) in [6, 6.07) is 9.41. The Balaban J connectivity index is 1.99. The van der Waals surface area contributed by atoms with E-state index in [0.29, 0.717) is 30.4 Å². The van der Waals surface area contributed by atoms with Crippen LogP contribution in [0.1, 0.15) is 46.9 Å². The Hall–Kier alpha value is -2.80. The molecule has 1 amide bonds. The molecule has 0 spiro atoms. The summed E-state index contributed by atoms with van der Waals surface area (Å²) in [5, 5.41) is 20.0. The average Bonchev–Trinajstić information content (AvgIpc) is 3.04. The van der Waals surface area contributed by atoms with E-state index in [9.17, 15) is 9.90 Å². The fourth-order valence-corrected chi connectivity index (χ4v) is 3.16. The lowest BCUT2D eigenvalue weighted by molar-refractivity contribution is 0.0657. The average molecular weight is 401 g/mol. The molecular weight excluding hydrogens is 368 g/mol. The van der Waals surface area contributed by atoms with Gasteiger partial charge in [0, 0.05) is 31.3 Å². The summed E-state index contributed by atoms with van der Waals surface area (Å²) in [6.45, 7) is 9.00. The number of rotatable bonds is 8. The van der Waals surface area contributed by atoms with Crippen LogP contribution in [0.3, 0.4) is 0 Å². The number of carbonyl (C=O) groups is 1. The molecule has 0 saturated carbocycles. The molecule has 0 saturated heterocycles. The topological polar surface area (TPSA) is 98.9 Å². The van der Waals surface area contributed by atoms with Gasteiger partial charge in [-0.1, -0.05) is 12.1 Å². The SMILES string of the molecule is CCNC(=NCC(C)(O)c1cc(C)oc1C)NCCc1cccc(C(=O)NC)c1. The van der Waals surface area contributed by atoms with Crippen LogP contribution in [0, 0.1) is 13.8 Å². The van der Waals surface area contributed by atoms with E-state index in [1.807, 2.05) is 45.0 Å². The molecule has 2 rings (SSSR count). The van der Waals surface area contributed by atoms with E-state index in [4.69, 9.17) is 4.42 Å². The predicted octanol–water partition coefficient (Wildman–Crippen LogP) is 2.26. The number of hydrogen-bond donors (Lipinski definition) is 4. The van der Waals surface area contributed by atoms with Gasteiger partial charge in [0.2, 0.25) is 0 Å². The van der Waals surface area contributed by atoms with Gasteiger partial charge in [-0.25, -0.2) is 4.99 Å². The molecule has 1 aromatic carbocycles. The first kappa shape index (κ1) is 22.5. The van der Waals surface area contributed by atoms with Gasteiger partial charge < -0.3 is 25.5 Å². The van der Waals surface area contributed by atoms with E-state index < -0.39 is 5.60 Å². The van der Waals surface area contributed by atoms with Gasteiger partial charge in [0.1, 0.15) is 17.1 Å². The Labute approximate surface area is 172 Å². The summed E-state index contributed by atoms with van der Waals surface area (Å²) in [5.41, 5.74) is 1.34. The van der Waals surface area contributed by atoms with E-state index in [2.05, 4.69) is 20.9 Å². The first-order valence-electron chi connectivity index (χ1n) is 9.90. The van der Waals surface area contributed by atoms with Gasteiger partial charge >= 0.3 is 0 Å². The highest BCUT2D eigenvalue weighted by atomic mass is 16.3. The zero-order chi connectivity index (χ0) is 21.4. The first-order chi connectivity index (χ1) is 13.8. The molecule has 7 heteroatoms. The minimum Gasteiger partial charge on any atom is -0.466 e. The minimum absolute atomic E-state index is 0.0956. The van der Waals surface area contributed by atoms with Crippen LogP contribution in [0.5, 0.6) is 0 Å². The second-order valence-corrected chi connectivity index (χ2v) is 7.25. The van der Waals surface area contributed by atoms with Crippen molar-refractivity contribution in [2.75, 3.05) is 26.7 Å². The number of benzene rings is 1. The first-order valence-corrected chi connectivity index (χ1v) is 9.90. The summed E-state index contributed by atoms with van der Waals surface area (Å²) in [7, 11) is 1.62. The molecule has 1 atom stereocenters. The van der Waals surface area contributed by atoms with E-state index >= 15 is 0 Å². The molecule has 158 valence electrons. The number of nitrogens with one attached hydrogen (secondary N) is 3. The number of nitrogens with zero attached hydrogens (tertiary/aromatic N) is 1. The third-order valence-electron chi connectivity index (χ3n) is 4.63. The molecule has 1 unspecified atom stereocenters. The molecule has 7 nitrogen and oxygen atoms in total. The van der Waals surface area contributed by atoms with Crippen LogP contribution in [0.25, 0.3) is 0 Å². The summed E-state index contributed by atoms with van der Waals surface area (Å²) in [4.78, 5) is 16.3. The zero-order valence-corrected chi connectivity index (χ0v) is 17.9. The maximum atomic E-state index is 11.8. The highest BCUT2D eigenvalue weighted by Gasteiger charge is 2.27. The summed E-state index contributed by atoms with van der Waals surface area (Å²) < 4.78 is 5.54. The van der Waals surface area contributed by atoms with Crippen molar-refractivity contribution in [2.24, 2.45) is 4.99 Å². The van der Waals surface area contributed by atoms with Crippen molar-refractivity contribution in [3.05, 3.63) is 58.5 Å². The van der Waals surface area contributed by atoms with Gasteiger partial charge in [-0.15, -0.1) is 0 Å². The van der Waals surface area contributed by atoms with Crippen LogP contribution < -0.4 is 16.0 Å². The number of guanidine groups is 1. The molecule has 0 aliphatic carbocycles. The van der Waals surface area contributed by atoms with Crippen molar-refractivity contribution in [3.63, 3.8) is 0 Å². The number of amides is 1. The predicted molar refractivity (Wildman–Crippen MR) is 115 cm³/mol. The van der Waals surface area contributed by atoms with Crippen LogP contribution >= 0.6 is 0 Å². The highest BCUT2D eigenvalue weighted by Crippen LogP contribution is 2.27. The Morgan fingerprint density at radius 2 is 2.00 bits per heavy atom. The Morgan fingerprint density at radius 3 is 2.62 bits per heavy atom. The number of aryl methyl sites for hydroxylation is 2. The Kier molecular flexibility index (Phi) is 7.84. The number of carbonyl (C=O) groups excluding carboxylic acids is 1. The van der Waals surface area contributed by atoms with Crippen molar-refractivity contribution in [1.82, 2.24) is 16.0 Å². The maximum absolute atomic E-state index is 11.8. The third-order valence-corrected chi connectivity index (χ3v) is 4.63. The molecule has 0 bridgehead atoms. The fourth-order valence-electron chi connectivity index (χ4n) is 3.16. The molecule has 1 aromatic heterocycles. The fraction of sp³-hybridized carbons (Fsp3) is 0.455. The van der Waals surface area contributed by atoms with Crippen molar-refractivity contribution in [2.45, 2.75) is 39.7 Å². The second kappa shape index (κ2) is 10.1. The second-order valence-electron chi connectivity index (χ2n) is 7.25. The molecule has 0 radical (unpaired) electrons. The van der Waals surface area contributed by atoms with Gasteiger partial charge in [-0.3, -0.25) is 4.79 Å². The number of aliphatic hydroxyl groups is 1. The quantitative estimate of drug-likeness (QED) is 0.402. The molecule has 0 aliphatic rings. The minimum atomic E-state index is -1.12. The van der Waals surface area contributed by atoms with Crippen LogP contribution in [0.4, 0.5) is 0 Å². The van der Waals surface area contributed by atoms with Gasteiger partial charge in [0.05, 0.1) is 6.54 Å². The largest absolute Gasteiger partial charge is 0.466 e. The van der Waals surface area contributed by atoms with Crippen LogP contribution in [0.2, 0.25) is 0 Å². The van der Waals surface area contributed by atoms with Crippen molar-refractivity contribution < 1.29 is 14.3 Å². The summed E-state index contributed by atoms with van der Waals surface area (Å²) >= 11 is 0. The summed E-state index contributed by atoms with van der Waals surface area (Å²) in [5.74, 6) is 2.01. The maximum Gasteiger partial charge on any atom is 0.251 e. The van der Waals surface area contributed by atoms with Gasteiger partial charge in [-0.2, -0.15) is 0 Å². The van der Waals surface area contributed by atoms with Crippen LogP contribution in [-0.4, -0.2) is 43.7 Å². The lowest BCUT2D eigenvalue weighted by Gasteiger charge is -2.21. The Bertz CT molecular complexity index is 855. The number of aliphatic imine (C=N–C) groups is 1. The van der Waals surface area contributed by atoms with Crippen LogP contribution in [0.15, 0.2) is 39.7 Å². The number of hydrogen-bond acceptors (Lipinski definition) is 4. The van der Waals surface area contributed by atoms with Crippen molar-refractivity contribution >= 4 is 11.9 Å². The zero-order valence-electron chi connectivity index (χ0n) is 17.9. The monoisotopic (exact) mass is 400 g/mol. The van der Waals surface area contributed by atoms with Crippen molar-refractivity contribution in [3.8, 4) is 0 Å². The molecule has 1 heterocycles.